The molecule has 2 unspecified atom stereocenters. The molecule has 0 saturated heterocycles. The minimum Gasteiger partial charge on any atom is -0.511 e. The summed E-state index contributed by atoms with van der Waals surface area (Å²) < 4.78 is 0. The summed E-state index contributed by atoms with van der Waals surface area (Å²) in [5.41, 5.74) is 1.76. The second-order valence-corrected chi connectivity index (χ2v) is 6.05. The van der Waals surface area contributed by atoms with Gasteiger partial charge in [-0.2, -0.15) is 0 Å². The normalized spacial score (nSPS) is 20.2. The molecular weight excluding hydrogens is 296 g/mol. The zero-order chi connectivity index (χ0) is 17.7. The highest BCUT2D eigenvalue weighted by Crippen LogP contribution is 2.29. The maximum atomic E-state index is 12.0. The Morgan fingerprint density at radius 3 is 2.39 bits per heavy atom. The Bertz CT molecular complexity index is 615. The Kier molecular flexibility index (Phi) is 6.51. The zero-order valence-electron chi connectivity index (χ0n) is 14.0. The van der Waals surface area contributed by atoms with Crippen molar-refractivity contribution < 1.29 is 24.9 Å². The summed E-state index contributed by atoms with van der Waals surface area (Å²) >= 11 is 0. The highest BCUT2D eigenvalue weighted by atomic mass is 16.3. The van der Waals surface area contributed by atoms with Gasteiger partial charge in [0.2, 0.25) is 0 Å². The van der Waals surface area contributed by atoms with Crippen molar-refractivity contribution in [1.29, 1.82) is 0 Å². The molecule has 0 heterocycles. The van der Waals surface area contributed by atoms with Crippen molar-refractivity contribution in [3.8, 4) is 0 Å². The maximum absolute atomic E-state index is 12.0. The van der Waals surface area contributed by atoms with E-state index in [1.54, 1.807) is 0 Å². The van der Waals surface area contributed by atoms with Crippen LogP contribution >= 0.6 is 0 Å². The highest BCUT2D eigenvalue weighted by molar-refractivity contribution is 6.05. The Balaban J connectivity index is 2.98. The van der Waals surface area contributed by atoms with Crippen LogP contribution in [0.5, 0.6) is 0 Å². The fourth-order valence-corrected chi connectivity index (χ4v) is 2.47. The molecule has 0 aromatic carbocycles. The summed E-state index contributed by atoms with van der Waals surface area (Å²) in [6.07, 6.45) is 4.72. The van der Waals surface area contributed by atoms with E-state index in [2.05, 4.69) is 6.08 Å². The van der Waals surface area contributed by atoms with Crippen LogP contribution in [-0.2, 0) is 9.59 Å². The third-order valence-corrected chi connectivity index (χ3v) is 3.63. The smallest absolute Gasteiger partial charge is 0.172 e. The lowest BCUT2D eigenvalue weighted by Gasteiger charge is -2.23. The third kappa shape index (κ3) is 4.93. The molecule has 5 heteroatoms. The first-order valence-electron chi connectivity index (χ1n) is 7.52. The number of hydrogen-bond donors (Lipinski definition) is 3. The van der Waals surface area contributed by atoms with Crippen LogP contribution in [0, 0.1) is 5.92 Å². The van der Waals surface area contributed by atoms with E-state index in [1.165, 1.54) is 18.6 Å². The van der Waals surface area contributed by atoms with Crippen molar-refractivity contribution in [3.63, 3.8) is 0 Å². The van der Waals surface area contributed by atoms with E-state index in [1.807, 2.05) is 20.8 Å². The minimum atomic E-state index is -1.26. The molecule has 0 fully saturated rings. The Hall–Kier alpha value is -2.14. The maximum Gasteiger partial charge on any atom is 0.172 e. The lowest BCUT2D eigenvalue weighted by Crippen LogP contribution is -2.32. The van der Waals surface area contributed by atoms with E-state index in [-0.39, 0.29) is 5.57 Å². The molecule has 3 N–H and O–H groups in total. The summed E-state index contributed by atoms with van der Waals surface area (Å²) in [7, 11) is 0. The first-order valence-corrected chi connectivity index (χ1v) is 7.52. The standard InChI is InChI=1S/C18H24O5/c1-10(2)6-5-7-11(3)8-13(20)17-15(22)9-14(21)16(12(4)19)18(17)23/h6,8-9,13,17,20-21,23H,5,7H2,1-4H3. The molecule has 1 rings (SSSR count). The quantitative estimate of drug-likeness (QED) is 0.654. The predicted octanol–water partition coefficient (Wildman–Crippen LogP) is 3.08. The highest BCUT2D eigenvalue weighted by Gasteiger charge is 2.36. The van der Waals surface area contributed by atoms with Gasteiger partial charge in [-0.3, -0.25) is 9.59 Å². The largest absolute Gasteiger partial charge is 0.511 e. The summed E-state index contributed by atoms with van der Waals surface area (Å²) in [6, 6.07) is 0. The second kappa shape index (κ2) is 7.92. The van der Waals surface area contributed by atoms with Gasteiger partial charge >= 0.3 is 0 Å². The molecule has 23 heavy (non-hydrogen) atoms. The summed E-state index contributed by atoms with van der Waals surface area (Å²) in [5.74, 6) is -3.60. The second-order valence-electron chi connectivity index (χ2n) is 6.05. The van der Waals surface area contributed by atoms with Gasteiger partial charge in [-0.05, 0) is 40.5 Å². The van der Waals surface area contributed by atoms with Crippen LogP contribution in [0.25, 0.3) is 0 Å². The van der Waals surface area contributed by atoms with Gasteiger partial charge in [0, 0.05) is 6.08 Å². The number of ketones is 2. The summed E-state index contributed by atoms with van der Waals surface area (Å²) in [5, 5.41) is 30.0. The molecule has 0 bridgehead atoms. The van der Waals surface area contributed by atoms with Crippen LogP contribution in [0.3, 0.4) is 0 Å². The van der Waals surface area contributed by atoms with Crippen molar-refractivity contribution >= 4 is 11.6 Å². The van der Waals surface area contributed by atoms with Gasteiger partial charge in [-0.25, -0.2) is 0 Å². The van der Waals surface area contributed by atoms with Gasteiger partial charge in [0.05, 0.1) is 11.7 Å². The number of carbonyl (C=O) groups is 2. The molecule has 1 aliphatic rings. The fourth-order valence-electron chi connectivity index (χ4n) is 2.47. The molecule has 0 saturated carbocycles. The predicted molar refractivity (Wildman–Crippen MR) is 88.0 cm³/mol. The molecule has 0 aliphatic heterocycles. The molecule has 0 amide bonds. The topological polar surface area (TPSA) is 94.8 Å². The van der Waals surface area contributed by atoms with E-state index in [9.17, 15) is 24.9 Å². The Labute approximate surface area is 136 Å². The fraction of sp³-hybridized carbons (Fsp3) is 0.444. The van der Waals surface area contributed by atoms with Gasteiger partial charge in [-0.1, -0.05) is 23.3 Å². The van der Waals surface area contributed by atoms with E-state index in [0.717, 1.165) is 18.1 Å². The number of allylic oxidation sites excluding steroid dienone is 5. The number of Topliss-reactive ketones (excluding diaryl/α,β-unsaturated/α-hetero) is 1. The van der Waals surface area contributed by atoms with E-state index in [4.69, 9.17) is 0 Å². The van der Waals surface area contributed by atoms with Gasteiger partial charge in [0.25, 0.3) is 0 Å². The van der Waals surface area contributed by atoms with Crippen LogP contribution in [0.4, 0.5) is 0 Å². The van der Waals surface area contributed by atoms with Crippen molar-refractivity contribution in [2.24, 2.45) is 5.92 Å². The summed E-state index contributed by atoms with van der Waals surface area (Å²) in [6.45, 7) is 7.00. The zero-order valence-corrected chi connectivity index (χ0v) is 14.0. The van der Waals surface area contributed by atoms with Crippen LogP contribution in [0.1, 0.15) is 40.5 Å². The molecule has 0 spiro atoms. The SMILES string of the molecule is CC(=O)C1=C(O)C(C(O)C=C(C)CCC=C(C)C)C(=O)C=C1O. The molecular formula is C18H24O5. The lowest BCUT2D eigenvalue weighted by molar-refractivity contribution is -0.120. The van der Waals surface area contributed by atoms with Crippen molar-refractivity contribution in [2.75, 3.05) is 0 Å². The first kappa shape index (κ1) is 18.9. The molecule has 0 aromatic heterocycles. The van der Waals surface area contributed by atoms with Gasteiger partial charge < -0.3 is 15.3 Å². The number of carbonyl (C=O) groups excluding carboxylic acids is 2. The number of hydrogen-bond acceptors (Lipinski definition) is 5. The average Bonchev–Trinajstić information content (AvgIpc) is 2.36. The third-order valence-electron chi connectivity index (χ3n) is 3.63. The monoisotopic (exact) mass is 320 g/mol. The van der Waals surface area contributed by atoms with Gasteiger partial charge in [0.1, 0.15) is 17.4 Å². The minimum absolute atomic E-state index is 0.316. The van der Waals surface area contributed by atoms with E-state index in [0.29, 0.717) is 6.42 Å². The van der Waals surface area contributed by atoms with Gasteiger partial charge in [-0.15, -0.1) is 0 Å². The van der Waals surface area contributed by atoms with Crippen molar-refractivity contribution in [1.82, 2.24) is 0 Å². The Morgan fingerprint density at radius 2 is 1.87 bits per heavy atom. The molecule has 0 aromatic rings. The molecule has 1 aliphatic carbocycles. The number of rotatable bonds is 6. The molecule has 2 atom stereocenters. The molecule has 126 valence electrons. The van der Waals surface area contributed by atoms with Crippen molar-refractivity contribution in [3.05, 3.63) is 46.5 Å². The van der Waals surface area contributed by atoms with Crippen LogP contribution in [-0.4, -0.2) is 33.0 Å². The molecule has 5 nitrogen and oxygen atoms in total. The van der Waals surface area contributed by atoms with Crippen LogP contribution in [0.2, 0.25) is 0 Å². The van der Waals surface area contributed by atoms with Crippen LogP contribution < -0.4 is 0 Å². The lowest BCUT2D eigenvalue weighted by atomic mass is 9.85. The van der Waals surface area contributed by atoms with Crippen LogP contribution in [0.15, 0.2) is 46.5 Å². The van der Waals surface area contributed by atoms with Crippen molar-refractivity contribution in [2.45, 2.75) is 46.6 Å². The number of aliphatic hydroxyl groups excluding tert-OH is 3. The Morgan fingerprint density at radius 1 is 1.26 bits per heavy atom. The summed E-state index contributed by atoms with van der Waals surface area (Å²) in [4.78, 5) is 23.5. The average molecular weight is 320 g/mol. The number of aliphatic hydroxyl groups is 3. The van der Waals surface area contributed by atoms with E-state index < -0.39 is 35.1 Å². The van der Waals surface area contributed by atoms with Gasteiger partial charge in [0.15, 0.2) is 11.6 Å². The first-order chi connectivity index (χ1) is 10.6. The molecule has 0 radical (unpaired) electrons. The van der Waals surface area contributed by atoms with E-state index >= 15 is 0 Å².